The number of benzene rings is 2. The monoisotopic (exact) mass is 523 g/mol. The number of rotatable bonds is 10. The summed E-state index contributed by atoms with van der Waals surface area (Å²) in [5.74, 6) is -0.187. The van der Waals surface area contributed by atoms with Crippen molar-refractivity contribution in [3.8, 4) is 11.9 Å². The first-order chi connectivity index (χ1) is 16.7. The first-order valence-electron chi connectivity index (χ1n) is 9.20. The van der Waals surface area contributed by atoms with Gasteiger partial charge in [0.2, 0.25) is 5.88 Å². The molecule has 3 aromatic rings. The molecule has 0 aliphatic heterocycles. The second-order valence-corrected chi connectivity index (χ2v) is 8.36. The maximum absolute atomic E-state index is 11.9. The summed E-state index contributed by atoms with van der Waals surface area (Å²) < 4.78 is 47.9. The van der Waals surface area contributed by atoms with Crippen LogP contribution in [0.25, 0.3) is 0 Å². The van der Waals surface area contributed by atoms with Crippen molar-refractivity contribution >= 4 is 50.7 Å². The second kappa shape index (κ2) is 11.6. The first kappa shape index (κ1) is 25.9. The molecule has 35 heavy (non-hydrogen) atoms. The molecule has 0 aliphatic rings. The average Bonchev–Trinajstić information content (AvgIpc) is 2.85. The third-order valence-corrected chi connectivity index (χ3v) is 5.47. The highest BCUT2D eigenvalue weighted by molar-refractivity contribution is 7.94. The topological polar surface area (TPSA) is 213 Å². The van der Waals surface area contributed by atoms with Crippen molar-refractivity contribution in [2.75, 3.05) is 20.0 Å². The lowest BCUT2D eigenvalue weighted by molar-refractivity contribution is -0.432. The van der Waals surface area contributed by atoms with Crippen LogP contribution in [0.2, 0.25) is 0 Å². The van der Waals surface area contributed by atoms with E-state index < -0.39 is 15.0 Å². The van der Waals surface area contributed by atoms with Crippen LogP contribution >= 0.6 is 12.0 Å². The molecule has 184 valence electrons. The molecular weight excluding hydrogens is 506 g/mol. The Labute approximate surface area is 202 Å². The van der Waals surface area contributed by atoms with E-state index in [4.69, 9.17) is 20.5 Å². The third kappa shape index (κ3) is 6.88. The zero-order valence-corrected chi connectivity index (χ0v) is 19.6. The van der Waals surface area contributed by atoms with Crippen molar-refractivity contribution in [2.24, 2.45) is 20.5 Å². The zero-order valence-electron chi connectivity index (χ0n) is 18.0. The van der Waals surface area contributed by atoms with Crippen LogP contribution < -0.4 is 15.2 Å². The lowest BCUT2D eigenvalue weighted by Gasteiger charge is -2.07. The summed E-state index contributed by atoms with van der Waals surface area (Å²) in [7, 11) is -2.06. The van der Waals surface area contributed by atoms with E-state index in [0.717, 1.165) is 18.1 Å². The highest BCUT2D eigenvalue weighted by atomic mass is 32.2. The van der Waals surface area contributed by atoms with Gasteiger partial charge in [-0.1, -0.05) is 5.04 Å². The number of nitrogens with zero attached hydrogens (tertiary/aromatic N) is 6. The molecule has 15 nitrogen and oxygen atoms in total. The van der Waals surface area contributed by atoms with E-state index in [0.29, 0.717) is 10.6 Å². The second-order valence-electron chi connectivity index (χ2n) is 6.20. The van der Waals surface area contributed by atoms with E-state index in [2.05, 4.69) is 39.8 Å². The van der Waals surface area contributed by atoms with Crippen LogP contribution in [0.3, 0.4) is 0 Å². The zero-order chi connectivity index (χ0) is 25.4. The highest BCUT2D eigenvalue weighted by Crippen LogP contribution is 2.36. The van der Waals surface area contributed by atoms with Crippen molar-refractivity contribution in [1.82, 2.24) is 9.97 Å². The molecule has 0 atom stereocenters. The van der Waals surface area contributed by atoms with Gasteiger partial charge >= 0.3 is 6.01 Å². The number of aromatic nitrogens is 2. The van der Waals surface area contributed by atoms with Crippen LogP contribution in [-0.2, 0) is 19.5 Å². The Morgan fingerprint density at radius 1 is 0.943 bits per heavy atom. The summed E-state index contributed by atoms with van der Waals surface area (Å²) in [5.41, 5.74) is 6.08. The maximum Gasteiger partial charge on any atom is 0.321 e. The van der Waals surface area contributed by atoms with Crippen LogP contribution in [0, 0.1) is 0 Å². The lowest BCUT2D eigenvalue weighted by atomic mass is 10.3. The van der Waals surface area contributed by atoms with Gasteiger partial charge in [-0.05, 0) is 42.5 Å². The molecule has 0 unspecified atom stereocenters. The molecule has 1 heterocycles. The average molecular weight is 524 g/mol. The number of nitrogen functional groups attached to an aromatic ring is 1. The van der Waals surface area contributed by atoms with Crippen molar-refractivity contribution in [1.29, 1.82) is 0 Å². The molecule has 3 rings (SSSR count). The van der Waals surface area contributed by atoms with E-state index in [1.54, 1.807) is 24.3 Å². The van der Waals surface area contributed by atoms with Crippen molar-refractivity contribution in [3.63, 3.8) is 0 Å². The molecule has 0 amide bonds. The fraction of sp³-hybridized carbons (Fsp3) is 0.111. The standard InChI is InChI=1S/C18H17N7O8S2/c1-30-17-15(16(19)20-18(21-17)31-2)25-24-13-8-5-11(9-14(13)35(27,28)29)23-22-10-3-6-12(7-4-10)34-33-32-26/h3-9,26H,1-2H3,(H2,19,20,21)(H,27,28,29)/b23-22+,25-24+. The number of hydrogen-bond donors (Lipinski definition) is 3. The Morgan fingerprint density at radius 2 is 1.63 bits per heavy atom. The SMILES string of the molecule is COc1nc(N)c(/N=N/c2ccc(/N=N/c3ccc(SOOO)cc3)cc2S(=O)(=O)O)c(OC)n1. The summed E-state index contributed by atoms with van der Waals surface area (Å²) in [6.07, 6.45) is 0. The lowest BCUT2D eigenvalue weighted by Crippen LogP contribution is -2.00. The van der Waals surface area contributed by atoms with E-state index in [9.17, 15) is 13.0 Å². The molecule has 0 aliphatic carbocycles. The number of methoxy groups -OCH3 is 2. The van der Waals surface area contributed by atoms with Crippen LogP contribution in [-0.4, -0.2) is 42.4 Å². The van der Waals surface area contributed by atoms with Gasteiger partial charge < -0.3 is 15.2 Å². The van der Waals surface area contributed by atoms with E-state index in [1.807, 2.05) is 0 Å². The molecule has 0 spiro atoms. The van der Waals surface area contributed by atoms with Gasteiger partial charge in [0.1, 0.15) is 10.6 Å². The molecule has 2 aromatic carbocycles. The Kier molecular flexibility index (Phi) is 8.58. The number of ether oxygens (including phenoxy) is 2. The Bertz CT molecular complexity index is 1350. The highest BCUT2D eigenvalue weighted by Gasteiger charge is 2.18. The van der Waals surface area contributed by atoms with Crippen LogP contribution in [0.15, 0.2) is 72.7 Å². The molecule has 0 bridgehead atoms. The largest absolute Gasteiger partial charge is 0.479 e. The number of azo groups is 2. The van der Waals surface area contributed by atoms with Gasteiger partial charge in [0.15, 0.2) is 11.5 Å². The molecule has 0 saturated heterocycles. The van der Waals surface area contributed by atoms with Gasteiger partial charge in [-0.2, -0.15) is 28.6 Å². The summed E-state index contributed by atoms with van der Waals surface area (Å²) >= 11 is 0.770. The summed E-state index contributed by atoms with van der Waals surface area (Å²) in [6, 6.07) is 10.1. The van der Waals surface area contributed by atoms with Crippen molar-refractivity contribution in [3.05, 3.63) is 42.5 Å². The number of hydrogen-bond acceptors (Lipinski definition) is 15. The van der Waals surface area contributed by atoms with Crippen LogP contribution in [0.1, 0.15) is 0 Å². The molecule has 0 radical (unpaired) electrons. The Morgan fingerprint density at radius 3 is 2.26 bits per heavy atom. The minimum atomic E-state index is -4.71. The third-order valence-electron chi connectivity index (χ3n) is 3.99. The summed E-state index contributed by atoms with van der Waals surface area (Å²) in [5, 5.41) is 27.4. The van der Waals surface area contributed by atoms with Crippen LogP contribution in [0.4, 0.5) is 28.6 Å². The molecule has 0 saturated carbocycles. The minimum Gasteiger partial charge on any atom is -0.479 e. The quantitative estimate of drug-likeness (QED) is 0.109. The molecule has 1 aromatic heterocycles. The molecule has 0 fully saturated rings. The normalized spacial score (nSPS) is 11.9. The number of anilines is 1. The summed E-state index contributed by atoms with van der Waals surface area (Å²) in [6.45, 7) is 0. The van der Waals surface area contributed by atoms with Gasteiger partial charge in [0.25, 0.3) is 10.1 Å². The first-order valence-corrected chi connectivity index (χ1v) is 11.4. The van der Waals surface area contributed by atoms with Crippen molar-refractivity contribution in [2.45, 2.75) is 9.79 Å². The predicted molar refractivity (Wildman–Crippen MR) is 121 cm³/mol. The van der Waals surface area contributed by atoms with Gasteiger partial charge in [0.05, 0.1) is 37.6 Å². The minimum absolute atomic E-state index is 0.0585. The van der Waals surface area contributed by atoms with Gasteiger partial charge in [-0.15, -0.1) is 14.6 Å². The number of nitrogens with two attached hydrogens (primary N) is 1. The molecular formula is C18H17N7O8S2. The smallest absolute Gasteiger partial charge is 0.321 e. The maximum atomic E-state index is 11.9. The van der Waals surface area contributed by atoms with Gasteiger partial charge in [-0.3, -0.25) is 4.55 Å². The van der Waals surface area contributed by atoms with Crippen LogP contribution in [0.5, 0.6) is 11.9 Å². The Hall–Kier alpha value is -3.74. The van der Waals surface area contributed by atoms with Gasteiger partial charge in [0, 0.05) is 4.90 Å². The Balaban J connectivity index is 1.90. The van der Waals surface area contributed by atoms with Gasteiger partial charge in [-0.25, -0.2) is 5.26 Å². The van der Waals surface area contributed by atoms with E-state index in [1.165, 1.54) is 26.4 Å². The fourth-order valence-electron chi connectivity index (χ4n) is 2.45. The van der Waals surface area contributed by atoms with E-state index >= 15 is 0 Å². The van der Waals surface area contributed by atoms with E-state index in [-0.39, 0.29) is 34.8 Å². The van der Waals surface area contributed by atoms with Crippen molar-refractivity contribution < 1.29 is 37.1 Å². The summed E-state index contributed by atoms with van der Waals surface area (Å²) in [4.78, 5) is 7.83. The molecule has 17 heteroatoms. The predicted octanol–water partition coefficient (Wildman–Crippen LogP) is 4.58. The fourth-order valence-corrected chi connectivity index (χ4v) is 3.45. The molecule has 4 N–H and O–H groups in total.